The number of nitrogens with zero attached hydrogens (tertiary/aromatic N) is 2. The Bertz CT molecular complexity index is 676. The molecule has 1 saturated heterocycles. The minimum Gasteiger partial charge on any atom is -0.370 e. The SMILES string of the molecule is Cc1cccc(NC(=O)c2cncc(N3CCCCCC3)c2)c1. The first-order valence-corrected chi connectivity index (χ1v) is 8.30. The fourth-order valence-corrected chi connectivity index (χ4v) is 2.98. The van der Waals surface area contributed by atoms with Crippen LogP contribution >= 0.6 is 0 Å². The molecule has 1 aromatic heterocycles. The number of aromatic nitrogens is 1. The van der Waals surface area contributed by atoms with Crippen LogP contribution in [0.1, 0.15) is 41.6 Å². The zero-order valence-corrected chi connectivity index (χ0v) is 13.6. The Labute approximate surface area is 137 Å². The van der Waals surface area contributed by atoms with Crippen LogP contribution in [0.15, 0.2) is 42.7 Å². The molecule has 1 amide bonds. The lowest BCUT2D eigenvalue weighted by molar-refractivity contribution is 0.102. The highest BCUT2D eigenvalue weighted by Crippen LogP contribution is 2.20. The van der Waals surface area contributed by atoms with Gasteiger partial charge in [-0.3, -0.25) is 9.78 Å². The molecular weight excluding hydrogens is 286 g/mol. The number of carbonyl (C=O) groups is 1. The molecule has 0 aliphatic carbocycles. The van der Waals surface area contributed by atoms with Crippen molar-refractivity contribution in [3.8, 4) is 0 Å². The third kappa shape index (κ3) is 4.09. The number of aryl methyl sites for hydroxylation is 1. The van der Waals surface area contributed by atoms with Crippen LogP contribution in [0.25, 0.3) is 0 Å². The quantitative estimate of drug-likeness (QED) is 0.931. The van der Waals surface area contributed by atoms with Gasteiger partial charge in [-0.2, -0.15) is 0 Å². The number of anilines is 2. The van der Waals surface area contributed by atoms with Crippen molar-refractivity contribution in [2.45, 2.75) is 32.6 Å². The van der Waals surface area contributed by atoms with E-state index in [1.165, 1.54) is 25.7 Å². The second kappa shape index (κ2) is 7.27. The number of amides is 1. The average Bonchev–Trinajstić information content (AvgIpc) is 2.84. The van der Waals surface area contributed by atoms with Crippen LogP contribution in [-0.4, -0.2) is 24.0 Å². The zero-order valence-electron chi connectivity index (χ0n) is 13.6. The van der Waals surface area contributed by atoms with Crippen LogP contribution in [0.4, 0.5) is 11.4 Å². The monoisotopic (exact) mass is 309 g/mol. The van der Waals surface area contributed by atoms with Gasteiger partial charge in [0.25, 0.3) is 5.91 Å². The number of nitrogens with one attached hydrogen (secondary N) is 1. The second-order valence-corrected chi connectivity index (χ2v) is 6.16. The number of rotatable bonds is 3. The molecule has 4 heteroatoms. The summed E-state index contributed by atoms with van der Waals surface area (Å²) in [5.74, 6) is -0.111. The molecule has 0 atom stereocenters. The van der Waals surface area contributed by atoms with Crippen molar-refractivity contribution in [3.05, 3.63) is 53.9 Å². The molecular formula is C19H23N3O. The van der Waals surface area contributed by atoms with E-state index >= 15 is 0 Å². The third-order valence-corrected chi connectivity index (χ3v) is 4.23. The van der Waals surface area contributed by atoms with Gasteiger partial charge in [0.2, 0.25) is 0 Å². The number of carbonyl (C=O) groups excluding carboxylic acids is 1. The topological polar surface area (TPSA) is 45.2 Å². The zero-order chi connectivity index (χ0) is 16.1. The van der Waals surface area contributed by atoms with Gasteiger partial charge in [-0.05, 0) is 43.5 Å². The summed E-state index contributed by atoms with van der Waals surface area (Å²) in [5.41, 5.74) is 3.59. The first kappa shape index (κ1) is 15.5. The minimum absolute atomic E-state index is 0.111. The first-order valence-electron chi connectivity index (χ1n) is 8.30. The van der Waals surface area contributed by atoms with Gasteiger partial charge in [0.05, 0.1) is 17.4 Å². The molecule has 1 fully saturated rings. The van der Waals surface area contributed by atoms with Crippen molar-refractivity contribution >= 4 is 17.3 Å². The number of pyridine rings is 1. The van der Waals surface area contributed by atoms with Crippen molar-refractivity contribution in [3.63, 3.8) is 0 Å². The van der Waals surface area contributed by atoms with E-state index < -0.39 is 0 Å². The normalized spacial score (nSPS) is 15.1. The summed E-state index contributed by atoms with van der Waals surface area (Å²) in [6.45, 7) is 4.10. The predicted octanol–water partition coefficient (Wildman–Crippen LogP) is 4.02. The molecule has 0 saturated carbocycles. The molecule has 1 N–H and O–H groups in total. The van der Waals surface area contributed by atoms with Crippen LogP contribution in [0.5, 0.6) is 0 Å². The third-order valence-electron chi connectivity index (χ3n) is 4.23. The second-order valence-electron chi connectivity index (χ2n) is 6.16. The van der Waals surface area contributed by atoms with Crippen molar-refractivity contribution in [1.29, 1.82) is 0 Å². The van der Waals surface area contributed by atoms with Crippen LogP contribution < -0.4 is 10.2 Å². The lowest BCUT2D eigenvalue weighted by atomic mass is 10.2. The molecule has 2 aromatic rings. The summed E-state index contributed by atoms with van der Waals surface area (Å²) in [7, 11) is 0. The van der Waals surface area contributed by atoms with Crippen LogP contribution in [0, 0.1) is 6.92 Å². The Morgan fingerprint density at radius 2 is 1.87 bits per heavy atom. The van der Waals surface area contributed by atoms with Crippen molar-refractivity contribution in [1.82, 2.24) is 4.98 Å². The Balaban J connectivity index is 1.74. The molecule has 3 rings (SSSR count). The van der Waals surface area contributed by atoms with Crippen molar-refractivity contribution in [2.75, 3.05) is 23.3 Å². The summed E-state index contributed by atoms with van der Waals surface area (Å²) < 4.78 is 0. The Kier molecular flexibility index (Phi) is 4.91. The minimum atomic E-state index is -0.111. The molecule has 1 aromatic carbocycles. The molecule has 0 bridgehead atoms. The van der Waals surface area contributed by atoms with E-state index in [4.69, 9.17) is 0 Å². The highest BCUT2D eigenvalue weighted by molar-refractivity contribution is 6.04. The standard InChI is InChI=1S/C19H23N3O/c1-15-7-6-8-17(11-15)21-19(23)16-12-18(14-20-13-16)22-9-4-2-3-5-10-22/h6-8,11-14H,2-5,9-10H2,1H3,(H,21,23). The lowest BCUT2D eigenvalue weighted by Gasteiger charge is -2.22. The molecule has 120 valence electrons. The maximum atomic E-state index is 12.5. The fourth-order valence-electron chi connectivity index (χ4n) is 2.98. The van der Waals surface area contributed by atoms with Gasteiger partial charge in [-0.25, -0.2) is 0 Å². The van der Waals surface area contributed by atoms with E-state index in [-0.39, 0.29) is 5.91 Å². The van der Waals surface area contributed by atoms with Crippen molar-refractivity contribution in [2.24, 2.45) is 0 Å². The summed E-state index contributed by atoms with van der Waals surface area (Å²) in [4.78, 5) is 19.1. The smallest absolute Gasteiger partial charge is 0.257 e. The van der Waals surface area contributed by atoms with Gasteiger partial charge in [0, 0.05) is 25.0 Å². The number of hydrogen-bond acceptors (Lipinski definition) is 3. The molecule has 0 unspecified atom stereocenters. The molecule has 0 spiro atoms. The van der Waals surface area contributed by atoms with Gasteiger partial charge in [-0.15, -0.1) is 0 Å². The molecule has 0 radical (unpaired) electrons. The molecule has 2 heterocycles. The maximum absolute atomic E-state index is 12.5. The van der Waals surface area contributed by atoms with Gasteiger partial charge < -0.3 is 10.2 Å². The van der Waals surface area contributed by atoms with E-state index in [2.05, 4.69) is 15.2 Å². The largest absolute Gasteiger partial charge is 0.370 e. The van der Waals surface area contributed by atoms with Gasteiger partial charge in [-0.1, -0.05) is 25.0 Å². The van der Waals surface area contributed by atoms with E-state index in [0.29, 0.717) is 5.56 Å². The molecule has 23 heavy (non-hydrogen) atoms. The lowest BCUT2D eigenvalue weighted by Crippen LogP contribution is -2.24. The molecule has 1 aliphatic heterocycles. The van der Waals surface area contributed by atoms with Crippen LogP contribution in [0.2, 0.25) is 0 Å². The summed E-state index contributed by atoms with van der Waals surface area (Å²) in [5, 5.41) is 2.94. The first-order chi connectivity index (χ1) is 11.2. The highest BCUT2D eigenvalue weighted by atomic mass is 16.1. The Morgan fingerprint density at radius 3 is 2.61 bits per heavy atom. The predicted molar refractivity (Wildman–Crippen MR) is 94.1 cm³/mol. The van der Waals surface area contributed by atoms with E-state index in [1.54, 1.807) is 6.20 Å². The van der Waals surface area contributed by atoms with E-state index in [0.717, 1.165) is 30.0 Å². The maximum Gasteiger partial charge on any atom is 0.257 e. The van der Waals surface area contributed by atoms with Crippen LogP contribution in [0.3, 0.4) is 0 Å². The van der Waals surface area contributed by atoms with E-state index in [9.17, 15) is 4.79 Å². The van der Waals surface area contributed by atoms with Gasteiger partial charge in [0.1, 0.15) is 0 Å². The molecule has 4 nitrogen and oxygen atoms in total. The summed E-state index contributed by atoms with van der Waals surface area (Å²) >= 11 is 0. The number of hydrogen-bond donors (Lipinski definition) is 1. The number of benzene rings is 1. The summed E-state index contributed by atoms with van der Waals surface area (Å²) in [6.07, 6.45) is 8.48. The summed E-state index contributed by atoms with van der Waals surface area (Å²) in [6, 6.07) is 9.76. The highest BCUT2D eigenvalue weighted by Gasteiger charge is 2.13. The van der Waals surface area contributed by atoms with E-state index in [1.807, 2.05) is 43.5 Å². The Morgan fingerprint density at radius 1 is 1.09 bits per heavy atom. The van der Waals surface area contributed by atoms with Crippen LogP contribution in [-0.2, 0) is 0 Å². The van der Waals surface area contributed by atoms with Gasteiger partial charge >= 0.3 is 0 Å². The van der Waals surface area contributed by atoms with Crippen molar-refractivity contribution < 1.29 is 4.79 Å². The average molecular weight is 309 g/mol. The molecule has 1 aliphatic rings. The fraction of sp³-hybridized carbons (Fsp3) is 0.368. The van der Waals surface area contributed by atoms with Gasteiger partial charge in [0.15, 0.2) is 0 Å². The Hall–Kier alpha value is -2.36.